The third kappa shape index (κ3) is 3.75. The molecule has 2 atom stereocenters. The molecule has 0 bridgehead atoms. The molecule has 0 spiro atoms. The summed E-state index contributed by atoms with van der Waals surface area (Å²) >= 11 is 1.68. The standard InChI is InChI=1S/C19H22N6OS/c1-13-9-16(17-6-4-8-27-17)23-18(22-13)15-5-3-7-24(10-15)19(26)14(2)25-12-20-11-21-25/h4,6,8-9,11-12,14-15H,3,5,7,10H2,1-2H3. The highest BCUT2D eigenvalue weighted by Crippen LogP contribution is 2.29. The molecule has 4 heterocycles. The number of piperidine rings is 1. The highest BCUT2D eigenvalue weighted by molar-refractivity contribution is 7.13. The Morgan fingerprint density at radius 2 is 2.26 bits per heavy atom. The Labute approximate surface area is 162 Å². The van der Waals surface area contributed by atoms with Crippen molar-refractivity contribution in [3.8, 4) is 10.6 Å². The van der Waals surface area contributed by atoms with Crippen LogP contribution in [0.3, 0.4) is 0 Å². The summed E-state index contributed by atoms with van der Waals surface area (Å²) in [6, 6.07) is 5.77. The van der Waals surface area contributed by atoms with E-state index in [-0.39, 0.29) is 17.9 Å². The van der Waals surface area contributed by atoms with E-state index in [1.165, 1.54) is 6.33 Å². The minimum absolute atomic E-state index is 0.0660. The van der Waals surface area contributed by atoms with Gasteiger partial charge in [-0.1, -0.05) is 6.07 Å². The van der Waals surface area contributed by atoms with Crippen LogP contribution in [0.1, 0.15) is 43.2 Å². The van der Waals surface area contributed by atoms with Gasteiger partial charge in [0.2, 0.25) is 5.91 Å². The van der Waals surface area contributed by atoms with E-state index in [2.05, 4.69) is 26.5 Å². The van der Waals surface area contributed by atoms with Gasteiger partial charge in [0, 0.05) is 24.7 Å². The largest absolute Gasteiger partial charge is 0.340 e. The molecular weight excluding hydrogens is 360 g/mol. The van der Waals surface area contributed by atoms with Gasteiger partial charge in [0.1, 0.15) is 24.5 Å². The van der Waals surface area contributed by atoms with Crippen molar-refractivity contribution in [3.05, 3.63) is 47.8 Å². The fourth-order valence-corrected chi connectivity index (χ4v) is 4.19. The van der Waals surface area contributed by atoms with Crippen LogP contribution in [0.2, 0.25) is 0 Å². The van der Waals surface area contributed by atoms with Gasteiger partial charge in [0.15, 0.2) is 0 Å². The van der Waals surface area contributed by atoms with Crippen molar-refractivity contribution in [2.45, 2.75) is 38.6 Å². The molecule has 2 unspecified atom stereocenters. The van der Waals surface area contributed by atoms with Crippen LogP contribution in [-0.2, 0) is 4.79 Å². The van der Waals surface area contributed by atoms with E-state index in [0.29, 0.717) is 6.54 Å². The summed E-state index contributed by atoms with van der Waals surface area (Å²) in [7, 11) is 0. The second-order valence-electron chi connectivity index (χ2n) is 6.90. The Bertz CT molecular complexity index is 908. The maximum atomic E-state index is 12.9. The lowest BCUT2D eigenvalue weighted by Crippen LogP contribution is -2.42. The molecule has 0 N–H and O–H groups in total. The van der Waals surface area contributed by atoms with Gasteiger partial charge in [-0.3, -0.25) is 4.79 Å². The number of hydrogen-bond donors (Lipinski definition) is 0. The van der Waals surface area contributed by atoms with Crippen LogP contribution >= 0.6 is 11.3 Å². The van der Waals surface area contributed by atoms with Crippen molar-refractivity contribution in [2.75, 3.05) is 13.1 Å². The van der Waals surface area contributed by atoms with Crippen LogP contribution in [-0.4, -0.2) is 48.6 Å². The zero-order valence-electron chi connectivity index (χ0n) is 15.4. The van der Waals surface area contributed by atoms with E-state index >= 15 is 0 Å². The Hall–Kier alpha value is -2.61. The molecule has 27 heavy (non-hydrogen) atoms. The predicted molar refractivity (Wildman–Crippen MR) is 103 cm³/mol. The number of likely N-dealkylation sites (tertiary alicyclic amines) is 1. The molecule has 1 fully saturated rings. The maximum Gasteiger partial charge on any atom is 0.247 e. The molecule has 3 aromatic rings. The monoisotopic (exact) mass is 382 g/mol. The molecule has 1 saturated heterocycles. The smallest absolute Gasteiger partial charge is 0.247 e. The molecule has 140 valence electrons. The second-order valence-corrected chi connectivity index (χ2v) is 7.85. The molecule has 1 aliphatic rings. The number of aryl methyl sites for hydroxylation is 1. The van der Waals surface area contributed by atoms with E-state index in [1.807, 2.05) is 30.9 Å². The third-order valence-corrected chi connectivity index (χ3v) is 5.83. The van der Waals surface area contributed by atoms with Gasteiger partial charge in [-0.05, 0) is 44.2 Å². The Morgan fingerprint density at radius 3 is 3.00 bits per heavy atom. The molecule has 8 heteroatoms. The van der Waals surface area contributed by atoms with Crippen LogP contribution in [0.25, 0.3) is 10.6 Å². The molecule has 0 aliphatic carbocycles. The highest BCUT2D eigenvalue weighted by Gasteiger charge is 2.30. The summed E-state index contributed by atoms with van der Waals surface area (Å²) in [5.41, 5.74) is 1.93. The van der Waals surface area contributed by atoms with Gasteiger partial charge < -0.3 is 4.90 Å². The van der Waals surface area contributed by atoms with E-state index in [1.54, 1.807) is 22.3 Å². The number of rotatable bonds is 4. The van der Waals surface area contributed by atoms with E-state index < -0.39 is 0 Å². The van der Waals surface area contributed by atoms with Gasteiger partial charge in [-0.25, -0.2) is 19.6 Å². The normalized spacial score (nSPS) is 18.4. The van der Waals surface area contributed by atoms with Crippen LogP contribution in [0, 0.1) is 6.92 Å². The lowest BCUT2D eigenvalue weighted by atomic mass is 9.96. The first kappa shape index (κ1) is 17.8. The molecular formula is C19H22N6OS. The zero-order chi connectivity index (χ0) is 18.8. The van der Waals surface area contributed by atoms with E-state index in [4.69, 9.17) is 4.98 Å². The molecule has 0 saturated carbocycles. The van der Waals surface area contributed by atoms with Gasteiger partial charge >= 0.3 is 0 Å². The van der Waals surface area contributed by atoms with E-state index in [0.717, 1.165) is 41.5 Å². The highest BCUT2D eigenvalue weighted by atomic mass is 32.1. The molecule has 1 aliphatic heterocycles. The van der Waals surface area contributed by atoms with Crippen molar-refractivity contribution in [1.82, 2.24) is 29.6 Å². The predicted octanol–water partition coefficient (Wildman–Crippen LogP) is 3.07. The molecule has 7 nitrogen and oxygen atoms in total. The first-order valence-electron chi connectivity index (χ1n) is 9.14. The third-order valence-electron chi connectivity index (χ3n) is 4.93. The van der Waals surface area contributed by atoms with Gasteiger partial charge in [0.25, 0.3) is 0 Å². The van der Waals surface area contributed by atoms with Crippen LogP contribution in [0.5, 0.6) is 0 Å². The molecule has 4 rings (SSSR count). The average Bonchev–Trinajstić information content (AvgIpc) is 3.40. The quantitative estimate of drug-likeness (QED) is 0.693. The average molecular weight is 382 g/mol. The fraction of sp³-hybridized carbons (Fsp3) is 0.421. The number of carbonyl (C=O) groups is 1. The molecule has 1 amide bonds. The Morgan fingerprint density at radius 1 is 1.37 bits per heavy atom. The first-order chi connectivity index (χ1) is 13.1. The number of nitrogens with zero attached hydrogens (tertiary/aromatic N) is 6. The summed E-state index contributed by atoms with van der Waals surface area (Å²) < 4.78 is 1.60. The zero-order valence-corrected chi connectivity index (χ0v) is 16.3. The van der Waals surface area contributed by atoms with Crippen molar-refractivity contribution < 1.29 is 4.79 Å². The minimum Gasteiger partial charge on any atom is -0.340 e. The van der Waals surface area contributed by atoms with Gasteiger partial charge in [-0.15, -0.1) is 11.3 Å². The molecule has 0 aromatic carbocycles. The van der Waals surface area contributed by atoms with Crippen LogP contribution < -0.4 is 0 Å². The summed E-state index contributed by atoms with van der Waals surface area (Å²) in [5.74, 6) is 1.06. The number of thiophene rings is 1. The van der Waals surface area contributed by atoms with Crippen molar-refractivity contribution >= 4 is 17.2 Å². The maximum absolute atomic E-state index is 12.9. The van der Waals surface area contributed by atoms with Crippen molar-refractivity contribution in [2.24, 2.45) is 0 Å². The molecule has 3 aromatic heterocycles. The first-order valence-corrected chi connectivity index (χ1v) is 10.0. The number of carbonyl (C=O) groups excluding carboxylic acids is 1. The summed E-state index contributed by atoms with van der Waals surface area (Å²) in [6.07, 6.45) is 4.98. The topological polar surface area (TPSA) is 76.8 Å². The van der Waals surface area contributed by atoms with Crippen molar-refractivity contribution in [1.29, 1.82) is 0 Å². The van der Waals surface area contributed by atoms with Crippen LogP contribution in [0.15, 0.2) is 36.2 Å². The van der Waals surface area contributed by atoms with Crippen molar-refractivity contribution in [3.63, 3.8) is 0 Å². The lowest BCUT2D eigenvalue weighted by Gasteiger charge is -2.33. The Kier molecular flexibility index (Phi) is 4.98. The summed E-state index contributed by atoms with van der Waals surface area (Å²) in [4.78, 5) is 29.4. The summed E-state index contributed by atoms with van der Waals surface area (Å²) in [5, 5.41) is 6.15. The van der Waals surface area contributed by atoms with Gasteiger partial charge in [-0.2, -0.15) is 5.10 Å². The van der Waals surface area contributed by atoms with E-state index in [9.17, 15) is 4.79 Å². The number of amides is 1. The second kappa shape index (κ2) is 7.56. The summed E-state index contributed by atoms with van der Waals surface area (Å²) in [6.45, 7) is 5.27. The lowest BCUT2D eigenvalue weighted by molar-refractivity contribution is -0.135. The van der Waals surface area contributed by atoms with Gasteiger partial charge in [0.05, 0.1) is 10.6 Å². The SMILES string of the molecule is Cc1cc(-c2cccs2)nc(C2CCCN(C(=O)C(C)n3cncn3)C2)n1. The number of aromatic nitrogens is 5. The molecule has 0 radical (unpaired) electrons. The Balaban J connectivity index is 1.54. The fourth-order valence-electron chi connectivity index (χ4n) is 3.51. The minimum atomic E-state index is -0.355. The van der Waals surface area contributed by atoms with Crippen LogP contribution in [0.4, 0.5) is 0 Å². The number of hydrogen-bond acceptors (Lipinski definition) is 6.